The molecular formula is C10H15N3. The van der Waals surface area contributed by atoms with E-state index in [1.54, 1.807) is 0 Å². The van der Waals surface area contributed by atoms with Crippen molar-refractivity contribution in [3.63, 3.8) is 0 Å². The number of hydrazone groups is 1. The normalized spacial score (nSPS) is 24.5. The van der Waals surface area contributed by atoms with Gasteiger partial charge in [0.2, 0.25) is 0 Å². The van der Waals surface area contributed by atoms with Gasteiger partial charge in [0.15, 0.2) is 0 Å². The Labute approximate surface area is 78.8 Å². The van der Waals surface area contributed by atoms with Crippen LogP contribution >= 0.6 is 0 Å². The van der Waals surface area contributed by atoms with Gasteiger partial charge in [0.25, 0.3) is 0 Å². The first-order chi connectivity index (χ1) is 6.24. The second-order valence-electron chi connectivity index (χ2n) is 4.42. The fraction of sp³-hybridized carbons (Fsp3) is 0.800. The maximum atomic E-state index is 8.53. The molecule has 1 atom stereocenters. The molecule has 0 heterocycles. The Balaban J connectivity index is 1.66. The molecule has 0 bridgehead atoms. The molecule has 70 valence electrons. The number of rotatable bonds is 3. The minimum Gasteiger partial charge on any atom is -0.309 e. The highest BCUT2D eigenvalue weighted by Crippen LogP contribution is 2.59. The first-order valence-corrected chi connectivity index (χ1v) is 4.92. The van der Waals surface area contributed by atoms with Crippen molar-refractivity contribution >= 4 is 5.71 Å². The number of hydrogen-bond acceptors (Lipinski definition) is 3. The van der Waals surface area contributed by atoms with E-state index in [2.05, 4.69) is 16.6 Å². The Hall–Kier alpha value is -1.04. The molecule has 3 nitrogen and oxygen atoms in total. The van der Waals surface area contributed by atoms with Crippen LogP contribution in [0.3, 0.4) is 0 Å². The van der Waals surface area contributed by atoms with Crippen molar-refractivity contribution in [2.24, 2.45) is 16.4 Å². The van der Waals surface area contributed by atoms with E-state index in [0.717, 1.165) is 0 Å². The van der Waals surface area contributed by atoms with Crippen LogP contribution in [0.4, 0.5) is 0 Å². The lowest BCUT2D eigenvalue weighted by Gasteiger charge is -2.27. The van der Waals surface area contributed by atoms with E-state index >= 15 is 0 Å². The molecule has 1 unspecified atom stereocenters. The van der Waals surface area contributed by atoms with Crippen LogP contribution in [0.25, 0.3) is 0 Å². The summed E-state index contributed by atoms with van der Waals surface area (Å²) >= 11 is 0. The zero-order chi connectivity index (χ0) is 9.31. The van der Waals surface area contributed by atoms with Crippen molar-refractivity contribution in [1.82, 2.24) is 5.43 Å². The van der Waals surface area contributed by atoms with Crippen molar-refractivity contribution < 1.29 is 0 Å². The van der Waals surface area contributed by atoms with Crippen LogP contribution < -0.4 is 5.43 Å². The Bertz CT molecular complexity index is 260. The highest BCUT2D eigenvalue weighted by Gasteiger charge is 2.51. The van der Waals surface area contributed by atoms with Crippen molar-refractivity contribution in [3.8, 4) is 6.07 Å². The minimum atomic E-state index is 0.0549. The van der Waals surface area contributed by atoms with Crippen LogP contribution in [0, 0.1) is 22.7 Å². The quantitative estimate of drug-likeness (QED) is 0.666. The summed E-state index contributed by atoms with van der Waals surface area (Å²) in [7, 11) is 0. The first-order valence-electron chi connectivity index (χ1n) is 4.92. The fourth-order valence-corrected chi connectivity index (χ4v) is 1.76. The summed E-state index contributed by atoms with van der Waals surface area (Å²) in [5, 5.41) is 12.8. The van der Waals surface area contributed by atoms with Crippen LogP contribution in [0.5, 0.6) is 0 Å². The SMILES string of the molecule is CC(C#N)CNN=C1CC2(CC2)C1. The van der Waals surface area contributed by atoms with Crippen molar-refractivity contribution in [1.29, 1.82) is 5.26 Å². The van der Waals surface area contributed by atoms with E-state index in [1.165, 1.54) is 31.4 Å². The fourth-order valence-electron chi connectivity index (χ4n) is 1.76. The van der Waals surface area contributed by atoms with Crippen LogP contribution in [-0.4, -0.2) is 12.3 Å². The average Bonchev–Trinajstić information content (AvgIpc) is 2.83. The van der Waals surface area contributed by atoms with Crippen LogP contribution in [0.15, 0.2) is 5.10 Å². The molecule has 2 aliphatic carbocycles. The van der Waals surface area contributed by atoms with E-state index in [9.17, 15) is 0 Å². The largest absolute Gasteiger partial charge is 0.309 e. The summed E-state index contributed by atoms with van der Waals surface area (Å²) in [5.41, 5.74) is 4.96. The highest BCUT2D eigenvalue weighted by molar-refractivity contribution is 5.92. The standard InChI is InChI=1S/C10H15N3/c1-8(6-11)7-12-13-9-4-10(5-9)2-3-10/h8,12H,2-5,7H2,1H3. The third-order valence-corrected chi connectivity index (χ3v) is 2.97. The molecule has 2 fully saturated rings. The monoisotopic (exact) mass is 177 g/mol. The molecule has 0 aromatic rings. The molecular weight excluding hydrogens is 162 g/mol. The van der Waals surface area contributed by atoms with Gasteiger partial charge in [-0.3, -0.25) is 0 Å². The summed E-state index contributed by atoms with van der Waals surface area (Å²) in [5.74, 6) is 0.0549. The van der Waals surface area contributed by atoms with Gasteiger partial charge in [-0.15, -0.1) is 0 Å². The molecule has 1 N–H and O–H groups in total. The van der Waals surface area contributed by atoms with Crippen LogP contribution in [0.1, 0.15) is 32.6 Å². The molecule has 0 aromatic carbocycles. The van der Waals surface area contributed by atoms with Crippen molar-refractivity contribution in [3.05, 3.63) is 0 Å². The smallest absolute Gasteiger partial charge is 0.0672 e. The van der Waals surface area contributed by atoms with E-state index in [-0.39, 0.29) is 5.92 Å². The molecule has 1 spiro atoms. The van der Waals surface area contributed by atoms with Crippen molar-refractivity contribution in [2.45, 2.75) is 32.6 Å². The molecule has 13 heavy (non-hydrogen) atoms. The molecule has 0 amide bonds. The summed E-state index contributed by atoms with van der Waals surface area (Å²) in [4.78, 5) is 0. The predicted octanol–water partition coefficient (Wildman–Crippen LogP) is 1.67. The van der Waals surface area contributed by atoms with Gasteiger partial charge in [-0.2, -0.15) is 10.4 Å². The van der Waals surface area contributed by atoms with E-state index < -0.39 is 0 Å². The Kier molecular flexibility index (Phi) is 1.99. The van der Waals surface area contributed by atoms with Crippen LogP contribution in [-0.2, 0) is 0 Å². The zero-order valence-corrected chi connectivity index (χ0v) is 8.01. The van der Waals surface area contributed by atoms with Gasteiger partial charge < -0.3 is 5.43 Å². The number of nitrogens with one attached hydrogen (secondary N) is 1. The maximum absolute atomic E-state index is 8.53. The summed E-state index contributed by atoms with van der Waals surface area (Å²) in [6.07, 6.45) is 5.20. The Morgan fingerprint density at radius 3 is 2.85 bits per heavy atom. The highest BCUT2D eigenvalue weighted by atomic mass is 15.3. The van der Waals surface area contributed by atoms with Gasteiger partial charge in [-0.1, -0.05) is 0 Å². The van der Waals surface area contributed by atoms with Gasteiger partial charge in [0.05, 0.1) is 12.0 Å². The topological polar surface area (TPSA) is 48.2 Å². The second kappa shape index (κ2) is 3.02. The third-order valence-electron chi connectivity index (χ3n) is 2.97. The van der Waals surface area contributed by atoms with Crippen LogP contribution in [0.2, 0.25) is 0 Å². The first kappa shape index (κ1) is 8.55. The molecule has 0 aliphatic heterocycles. The second-order valence-corrected chi connectivity index (χ2v) is 4.42. The lowest BCUT2D eigenvalue weighted by atomic mass is 9.80. The van der Waals surface area contributed by atoms with Gasteiger partial charge in [-0.25, -0.2) is 0 Å². The molecule has 0 radical (unpaired) electrons. The van der Waals surface area contributed by atoms with Gasteiger partial charge in [-0.05, 0) is 38.0 Å². The van der Waals surface area contributed by atoms with E-state index in [4.69, 9.17) is 5.26 Å². The van der Waals surface area contributed by atoms with Gasteiger partial charge >= 0.3 is 0 Å². The van der Waals surface area contributed by atoms with Crippen molar-refractivity contribution in [2.75, 3.05) is 6.54 Å². The number of nitrogens with zero attached hydrogens (tertiary/aromatic N) is 2. The lowest BCUT2D eigenvalue weighted by Crippen LogP contribution is -2.28. The molecule has 0 aromatic heterocycles. The third kappa shape index (κ3) is 1.82. The predicted molar refractivity (Wildman–Crippen MR) is 51.1 cm³/mol. The minimum absolute atomic E-state index is 0.0549. The van der Waals surface area contributed by atoms with Gasteiger partial charge in [0, 0.05) is 12.3 Å². The van der Waals surface area contributed by atoms with E-state index in [0.29, 0.717) is 12.0 Å². The van der Waals surface area contributed by atoms with E-state index in [1.807, 2.05) is 6.92 Å². The summed E-state index contributed by atoms with van der Waals surface area (Å²) in [6, 6.07) is 2.17. The number of hydrogen-bond donors (Lipinski definition) is 1. The molecule has 2 aliphatic rings. The zero-order valence-electron chi connectivity index (χ0n) is 8.01. The number of nitriles is 1. The summed E-state index contributed by atoms with van der Waals surface area (Å²) in [6.45, 7) is 2.57. The molecule has 3 heteroatoms. The van der Waals surface area contributed by atoms with Gasteiger partial charge in [0.1, 0.15) is 0 Å². The molecule has 0 saturated heterocycles. The molecule has 2 saturated carbocycles. The Morgan fingerprint density at radius 2 is 2.31 bits per heavy atom. The molecule has 2 rings (SSSR count). The Morgan fingerprint density at radius 1 is 1.62 bits per heavy atom. The lowest BCUT2D eigenvalue weighted by molar-refractivity contribution is 0.472. The summed E-state index contributed by atoms with van der Waals surface area (Å²) < 4.78 is 0. The maximum Gasteiger partial charge on any atom is 0.0672 e. The average molecular weight is 177 g/mol.